The van der Waals surface area contributed by atoms with Crippen molar-refractivity contribution < 1.29 is 14.1 Å². The van der Waals surface area contributed by atoms with Gasteiger partial charge in [-0.3, -0.25) is 10.1 Å². The lowest BCUT2D eigenvalue weighted by molar-refractivity contribution is -0.384. The average Bonchev–Trinajstić information content (AvgIpc) is 3.14. The molecule has 8 heteroatoms. The number of non-ortho nitro benzene ring substituents is 1. The van der Waals surface area contributed by atoms with Crippen molar-refractivity contribution in [1.82, 2.24) is 10.2 Å². The minimum absolute atomic E-state index is 0.0225. The van der Waals surface area contributed by atoms with Crippen molar-refractivity contribution >= 4 is 17.4 Å². The summed E-state index contributed by atoms with van der Waals surface area (Å²) in [5, 5.41) is 19.6. The zero-order valence-corrected chi connectivity index (χ0v) is 15.8. The molecule has 0 saturated heterocycles. The number of nitro groups is 1. The quantitative estimate of drug-likeness (QED) is 0.317. The van der Waals surface area contributed by atoms with Crippen LogP contribution in [0.1, 0.15) is 29.9 Å². The number of benzene rings is 2. The van der Waals surface area contributed by atoms with E-state index in [1.54, 1.807) is 6.07 Å². The number of ether oxygens (including phenoxy) is 1. The third kappa shape index (κ3) is 4.85. The summed E-state index contributed by atoms with van der Waals surface area (Å²) < 4.78 is 11.0. The molecule has 140 valence electrons. The first-order valence-corrected chi connectivity index (χ1v) is 9.37. The number of methoxy groups -OCH3 is 1. The van der Waals surface area contributed by atoms with Gasteiger partial charge < -0.3 is 9.15 Å². The first kappa shape index (κ1) is 18.9. The predicted molar refractivity (Wildman–Crippen MR) is 102 cm³/mol. The van der Waals surface area contributed by atoms with Crippen molar-refractivity contribution in [2.45, 2.75) is 30.2 Å². The summed E-state index contributed by atoms with van der Waals surface area (Å²) in [4.78, 5) is 10.5. The Balaban J connectivity index is 1.64. The summed E-state index contributed by atoms with van der Waals surface area (Å²) in [6.07, 6.45) is 0.650. The zero-order chi connectivity index (χ0) is 19.2. The van der Waals surface area contributed by atoms with Gasteiger partial charge in [-0.1, -0.05) is 49.0 Å². The highest BCUT2D eigenvalue weighted by Crippen LogP contribution is 2.30. The van der Waals surface area contributed by atoms with Gasteiger partial charge in [-0.2, -0.15) is 0 Å². The summed E-state index contributed by atoms with van der Waals surface area (Å²) in [6.45, 7) is 2.11. The van der Waals surface area contributed by atoms with Crippen LogP contribution in [0.25, 0.3) is 0 Å². The van der Waals surface area contributed by atoms with Crippen LogP contribution in [-0.4, -0.2) is 22.2 Å². The van der Waals surface area contributed by atoms with E-state index in [-0.39, 0.29) is 11.6 Å². The molecule has 0 aliphatic rings. The highest BCUT2D eigenvalue weighted by molar-refractivity contribution is 7.98. The molecule has 1 aromatic heterocycles. The lowest BCUT2D eigenvalue weighted by Crippen LogP contribution is -1.98. The molecule has 1 atom stereocenters. The largest absolute Gasteiger partial charge is 0.496 e. The van der Waals surface area contributed by atoms with Gasteiger partial charge in [0.05, 0.1) is 12.0 Å². The fourth-order valence-electron chi connectivity index (χ4n) is 2.67. The van der Waals surface area contributed by atoms with E-state index >= 15 is 0 Å². The Morgan fingerprint density at radius 3 is 2.70 bits per heavy atom. The molecule has 7 nitrogen and oxygen atoms in total. The maximum atomic E-state index is 11.0. The summed E-state index contributed by atoms with van der Waals surface area (Å²) in [7, 11) is 1.53. The van der Waals surface area contributed by atoms with Crippen LogP contribution in [-0.2, 0) is 12.2 Å². The molecule has 0 radical (unpaired) electrons. The van der Waals surface area contributed by atoms with E-state index in [0.29, 0.717) is 34.6 Å². The number of hydrogen-bond donors (Lipinski definition) is 0. The van der Waals surface area contributed by atoms with E-state index in [4.69, 9.17) is 9.15 Å². The van der Waals surface area contributed by atoms with Gasteiger partial charge in [0.15, 0.2) is 0 Å². The Morgan fingerprint density at radius 2 is 2.00 bits per heavy atom. The monoisotopic (exact) mass is 385 g/mol. The lowest BCUT2D eigenvalue weighted by Gasteiger charge is -2.08. The lowest BCUT2D eigenvalue weighted by atomic mass is 9.98. The second-order valence-corrected chi connectivity index (χ2v) is 6.95. The molecule has 3 rings (SSSR count). The predicted octanol–water partition coefficient (Wildman–Crippen LogP) is 4.62. The molecule has 0 aliphatic carbocycles. The zero-order valence-electron chi connectivity index (χ0n) is 15.0. The van der Waals surface area contributed by atoms with E-state index in [1.165, 1.54) is 36.6 Å². The number of aromatic nitrogens is 2. The number of thioether (sulfide) groups is 1. The minimum atomic E-state index is -0.427. The second kappa shape index (κ2) is 8.68. The van der Waals surface area contributed by atoms with Gasteiger partial charge in [-0.25, -0.2) is 0 Å². The molecular formula is C19H19N3O4S. The fourth-order valence-corrected chi connectivity index (χ4v) is 3.43. The van der Waals surface area contributed by atoms with Crippen molar-refractivity contribution in [2.24, 2.45) is 0 Å². The number of rotatable bonds is 8. The molecule has 0 aliphatic heterocycles. The van der Waals surface area contributed by atoms with Crippen molar-refractivity contribution in [2.75, 3.05) is 7.11 Å². The molecule has 0 amide bonds. The van der Waals surface area contributed by atoms with Gasteiger partial charge in [0, 0.05) is 29.9 Å². The Hall–Kier alpha value is -2.87. The average molecular weight is 385 g/mol. The maximum Gasteiger partial charge on any atom is 0.276 e. The second-order valence-electron chi connectivity index (χ2n) is 6.02. The van der Waals surface area contributed by atoms with E-state index in [1.807, 2.05) is 18.2 Å². The molecule has 1 heterocycles. The molecule has 0 spiro atoms. The minimum Gasteiger partial charge on any atom is -0.496 e. The SMILES string of the molecule is COc1ccc([N+](=O)[O-])cc1CSc1nnc(CC(C)c2ccccc2)o1. The molecule has 3 aromatic rings. The van der Waals surface area contributed by atoms with Crippen LogP contribution in [0.3, 0.4) is 0 Å². The number of nitro benzene ring substituents is 1. The third-order valence-electron chi connectivity index (χ3n) is 4.12. The van der Waals surface area contributed by atoms with Gasteiger partial charge in [0.2, 0.25) is 5.89 Å². The number of nitrogens with zero attached hydrogens (tertiary/aromatic N) is 3. The van der Waals surface area contributed by atoms with E-state index in [0.717, 1.165) is 0 Å². The van der Waals surface area contributed by atoms with Crippen molar-refractivity contribution in [1.29, 1.82) is 0 Å². The summed E-state index contributed by atoms with van der Waals surface area (Å²) in [5.74, 6) is 1.85. The first-order chi connectivity index (χ1) is 13.1. The van der Waals surface area contributed by atoms with Crippen LogP contribution in [0, 0.1) is 10.1 Å². The normalized spacial score (nSPS) is 11.9. The van der Waals surface area contributed by atoms with Gasteiger partial charge in [0.25, 0.3) is 10.9 Å². The van der Waals surface area contributed by atoms with Crippen molar-refractivity contribution in [3.63, 3.8) is 0 Å². The Kier molecular flexibility index (Phi) is 6.08. The third-order valence-corrected chi connectivity index (χ3v) is 4.99. The fraction of sp³-hybridized carbons (Fsp3) is 0.263. The highest BCUT2D eigenvalue weighted by Gasteiger charge is 2.15. The van der Waals surface area contributed by atoms with Crippen LogP contribution < -0.4 is 4.74 Å². The van der Waals surface area contributed by atoms with Crippen LogP contribution >= 0.6 is 11.8 Å². The summed E-state index contributed by atoms with van der Waals surface area (Å²) >= 11 is 1.32. The molecule has 1 unspecified atom stereocenters. The smallest absolute Gasteiger partial charge is 0.276 e. The Bertz CT molecular complexity index is 914. The van der Waals surface area contributed by atoms with Crippen LogP contribution in [0.5, 0.6) is 5.75 Å². The maximum absolute atomic E-state index is 11.0. The molecular weight excluding hydrogens is 366 g/mol. The van der Waals surface area contributed by atoms with E-state index in [2.05, 4.69) is 29.3 Å². The molecule has 0 fully saturated rings. The molecule has 0 N–H and O–H groups in total. The van der Waals surface area contributed by atoms with E-state index < -0.39 is 4.92 Å². The molecule has 2 aromatic carbocycles. The van der Waals surface area contributed by atoms with E-state index in [9.17, 15) is 10.1 Å². The standard InChI is InChI=1S/C19H19N3O4S/c1-13(14-6-4-3-5-7-14)10-18-20-21-19(26-18)27-12-15-11-16(22(23)24)8-9-17(15)25-2/h3-9,11,13H,10,12H2,1-2H3. The Morgan fingerprint density at radius 1 is 1.22 bits per heavy atom. The molecule has 0 bridgehead atoms. The van der Waals surface area contributed by atoms with Crippen LogP contribution in [0.15, 0.2) is 58.2 Å². The van der Waals surface area contributed by atoms with Crippen molar-refractivity contribution in [3.05, 3.63) is 75.7 Å². The van der Waals surface area contributed by atoms with Gasteiger partial charge in [0.1, 0.15) is 5.75 Å². The molecule has 0 saturated carbocycles. The topological polar surface area (TPSA) is 91.3 Å². The first-order valence-electron chi connectivity index (χ1n) is 8.38. The molecule has 27 heavy (non-hydrogen) atoms. The van der Waals surface area contributed by atoms with Crippen LogP contribution in [0.2, 0.25) is 0 Å². The van der Waals surface area contributed by atoms with Gasteiger partial charge >= 0.3 is 0 Å². The van der Waals surface area contributed by atoms with Crippen LogP contribution in [0.4, 0.5) is 5.69 Å². The summed E-state index contributed by atoms with van der Waals surface area (Å²) in [5.41, 5.74) is 1.94. The van der Waals surface area contributed by atoms with Gasteiger partial charge in [-0.05, 0) is 17.5 Å². The number of hydrogen-bond acceptors (Lipinski definition) is 7. The summed E-state index contributed by atoms with van der Waals surface area (Å²) in [6, 6.07) is 14.7. The highest BCUT2D eigenvalue weighted by atomic mass is 32.2. The Labute approximate surface area is 160 Å². The van der Waals surface area contributed by atoms with Gasteiger partial charge in [-0.15, -0.1) is 10.2 Å². The van der Waals surface area contributed by atoms with Crippen molar-refractivity contribution in [3.8, 4) is 5.75 Å².